The minimum Gasteiger partial charge on any atom is -0.388 e. The number of hydrogen-bond acceptors (Lipinski definition) is 3. The molecule has 1 unspecified atom stereocenters. The van der Waals surface area contributed by atoms with Gasteiger partial charge in [0.2, 0.25) is 5.91 Å². The first-order valence-corrected chi connectivity index (χ1v) is 5.38. The van der Waals surface area contributed by atoms with Crippen LogP contribution in [-0.2, 0) is 4.79 Å². The molecule has 1 amide bonds. The lowest BCUT2D eigenvalue weighted by molar-refractivity contribution is -0.120. The Kier molecular flexibility index (Phi) is 8.40. The van der Waals surface area contributed by atoms with E-state index in [1.807, 2.05) is 30.3 Å². The monoisotopic (exact) mass is 258 g/mol. The van der Waals surface area contributed by atoms with Gasteiger partial charge in [-0.1, -0.05) is 30.3 Å². The van der Waals surface area contributed by atoms with Crippen molar-refractivity contribution in [1.29, 1.82) is 0 Å². The number of hydrogen-bond donors (Lipinski definition) is 3. The van der Waals surface area contributed by atoms with Crippen LogP contribution in [0.4, 0.5) is 0 Å². The number of nitrogens with one attached hydrogen (secondary N) is 2. The summed E-state index contributed by atoms with van der Waals surface area (Å²) in [6, 6.07) is 9.43. The molecule has 1 rings (SSSR count). The van der Waals surface area contributed by atoms with Gasteiger partial charge in [-0.2, -0.15) is 0 Å². The fourth-order valence-electron chi connectivity index (χ4n) is 1.41. The van der Waals surface area contributed by atoms with E-state index in [9.17, 15) is 9.90 Å². The van der Waals surface area contributed by atoms with E-state index in [0.717, 1.165) is 5.56 Å². The molecule has 5 heteroatoms. The summed E-state index contributed by atoms with van der Waals surface area (Å²) >= 11 is 0. The van der Waals surface area contributed by atoms with Gasteiger partial charge in [0.15, 0.2) is 0 Å². The normalized spacial score (nSPS) is 11.4. The second-order valence-corrected chi connectivity index (χ2v) is 3.60. The van der Waals surface area contributed by atoms with Crippen LogP contribution in [0, 0.1) is 0 Å². The summed E-state index contributed by atoms with van der Waals surface area (Å²) in [6.45, 7) is 0.790. The van der Waals surface area contributed by atoms with E-state index in [-0.39, 0.29) is 18.3 Å². The fourth-order valence-corrected chi connectivity index (χ4v) is 1.41. The molecule has 0 aliphatic heterocycles. The first kappa shape index (κ1) is 15.9. The van der Waals surface area contributed by atoms with Crippen molar-refractivity contribution in [3.63, 3.8) is 0 Å². The van der Waals surface area contributed by atoms with E-state index in [1.54, 1.807) is 7.05 Å². The highest BCUT2D eigenvalue weighted by atomic mass is 35.5. The van der Waals surface area contributed by atoms with Crippen molar-refractivity contribution in [2.24, 2.45) is 0 Å². The van der Waals surface area contributed by atoms with Crippen LogP contribution < -0.4 is 10.6 Å². The predicted molar refractivity (Wildman–Crippen MR) is 70.2 cm³/mol. The number of carbonyl (C=O) groups is 1. The van der Waals surface area contributed by atoms with Gasteiger partial charge in [-0.15, -0.1) is 12.4 Å². The smallest absolute Gasteiger partial charge is 0.233 e. The van der Waals surface area contributed by atoms with Gasteiger partial charge in [-0.3, -0.25) is 4.79 Å². The molecule has 0 aliphatic carbocycles. The van der Waals surface area contributed by atoms with Gasteiger partial charge in [0, 0.05) is 6.54 Å². The Hall–Kier alpha value is -1.10. The van der Waals surface area contributed by atoms with Crippen molar-refractivity contribution < 1.29 is 9.90 Å². The number of amides is 1. The molecule has 1 atom stereocenters. The van der Waals surface area contributed by atoms with Crippen LogP contribution in [-0.4, -0.2) is 31.2 Å². The summed E-state index contributed by atoms with van der Waals surface area (Å²) in [4.78, 5) is 11.1. The first-order chi connectivity index (χ1) is 7.74. The zero-order valence-corrected chi connectivity index (χ0v) is 10.7. The van der Waals surface area contributed by atoms with Gasteiger partial charge >= 0.3 is 0 Å². The number of likely N-dealkylation sites (N-methyl/N-ethyl adjacent to an activating group) is 1. The first-order valence-electron chi connectivity index (χ1n) is 5.38. The minimum atomic E-state index is -0.518. The topological polar surface area (TPSA) is 61.4 Å². The maximum absolute atomic E-state index is 11.1. The molecule has 0 spiro atoms. The van der Waals surface area contributed by atoms with Gasteiger partial charge in [-0.05, 0) is 19.0 Å². The van der Waals surface area contributed by atoms with Gasteiger partial charge in [0.05, 0.1) is 12.6 Å². The standard InChI is InChI=1S/C12H18N2O2.ClH/c1-13-9-12(16)14-8-7-11(15)10-5-3-2-4-6-10;/h2-6,11,13,15H,7-9H2,1H3,(H,14,16);1H. The van der Waals surface area contributed by atoms with Crippen LogP contribution in [0.15, 0.2) is 30.3 Å². The Morgan fingerprint density at radius 1 is 1.35 bits per heavy atom. The second kappa shape index (κ2) is 8.98. The Morgan fingerprint density at radius 2 is 2.00 bits per heavy atom. The summed E-state index contributed by atoms with van der Waals surface area (Å²) in [5, 5.41) is 15.3. The van der Waals surface area contributed by atoms with Crippen LogP contribution in [0.3, 0.4) is 0 Å². The molecule has 3 N–H and O–H groups in total. The minimum absolute atomic E-state index is 0. The van der Waals surface area contributed by atoms with Crippen molar-refractivity contribution in [1.82, 2.24) is 10.6 Å². The fraction of sp³-hybridized carbons (Fsp3) is 0.417. The van der Waals surface area contributed by atoms with Crippen LogP contribution in [0.25, 0.3) is 0 Å². The van der Waals surface area contributed by atoms with E-state index in [1.165, 1.54) is 0 Å². The van der Waals surface area contributed by atoms with Crippen LogP contribution >= 0.6 is 12.4 Å². The van der Waals surface area contributed by atoms with E-state index < -0.39 is 6.10 Å². The summed E-state index contributed by atoms with van der Waals surface area (Å²) in [5.74, 6) is -0.0530. The van der Waals surface area contributed by atoms with Crippen molar-refractivity contribution in [3.05, 3.63) is 35.9 Å². The summed E-state index contributed by atoms with van der Waals surface area (Å²) < 4.78 is 0. The maximum atomic E-state index is 11.1. The third-order valence-corrected chi connectivity index (χ3v) is 2.26. The number of rotatable bonds is 6. The molecular formula is C12H19ClN2O2. The van der Waals surface area contributed by atoms with E-state index in [2.05, 4.69) is 10.6 Å². The third-order valence-electron chi connectivity index (χ3n) is 2.26. The Bertz CT molecular complexity index is 320. The molecule has 0 fully saturated rings. The van der Waals surface area contributed by atoms with Gasteiger partial charge in [0.1, 0.15) is 0 Å². The van der Waals surface area contributed by atoms with E-state index >= 15 is 0 Å². The molecule has 0 saturated heterocycles. The number of aliphatic hydroxyl groups is 1. The molecule has 1 aromatic rings. The van der Waals surface area contributed by atoms with Gasteiger partial charge < -0.3 is 15.7 Å². The number of carbonyl (C=O) groups excluding carboxylic acids is 1. The van der Waals surface area contributed by atoms with Crippen molar-refractivity contribution in [2.75, 3.05) is 20.1 Å². The summed E-state index contributed by atoms with van der Waals surface area (Å²) in [5.41, 5.74) is 0.880. The molecule has 96 valence electrons. The van der Waals surface area contributed by atoms with E-state index in [4.69, 9.17) is 0 Å². The highest BCUT2D eigenvalue weighted by molar-refractivity contribution is 5.85. The predicted octanol–water partition coefficient (Wildman–Crippen LogP) is 0.867. The quantitative estimate of drug-likeness (QED) is 0.710. The highest BCUT2D eigenvalue weighted by Gasteiger charge is 2.06. The third kappa shape index (κ3) is 6.26. The van der Waals surface area contributed by atoms with Crippen molar-refractivity contribution in [2.45, 2.75) is 12.5 Å². The van der Waals surface area contributed by atoms with Gasteiger partial charge in [-0.25, -0.2) is 0 Å². The largest absolute Gasteiger partial charge is 0.388 e. The van der Waals surface area contributed by atoms with Crippen molar-refractivity contribution in [3.8, 4) is 0 Å². The molecule has 0 saturated carbocycles. The second-order valence-electron chi connectivity index (χ2n) is 3.60. The molecular weight excluding hydrogens is 240 g/mol. The molecule has 0 aliphatic rings. The Labute approximate surface area is 108 Å². The molecule has 0 radical (unpaired) electrons. The van der Waals surface area contributed by atoms with Crippen LogP contribution in [0.5, 0.6) is 0 Å². The number of halogens is 1. The highest BCUT2D eigenvalue weighted by Crippen LogP contribution is 2.14. The molecule has 0 heterocycles. The summed E-state index contributed by atoms with van der Waals surface area (Å²) in [7, 11) is 1.72. The SMILES string of the molecule is CNCC(=O)NCCC(O)c1ccccc1.Cl. The summed E-state index contributed by atoms with van der Waals surface area (Å²) in [6.07, 6.45) is 0.00974. The molecule has 4 nitrogen and oxygen atoms in total. The van der Waals surface area contributed by atoms with E-state index in [0.29, 0.717) is 19.5 Å². The van der Waals surface area contributed by atoms with Crippen LogP contribution in [0.2, 0.25) is 0 Å². The van der Waals surface area contributed by atoms with Crippen molar-refractivity contribution >= 4 is 18.3 Å². The van der Waals surface area contributed by atoms with Gasteiger partial charge in [0.25, 0.3) is 0 Å². The Balaban J connectivity index is 0.00000256. The molecule has 0 aromatic heterocycles. The zero-order chi connectivity index (χ0) is 11.8. The average molecular weight is 259 g/mol. The maximum Gasteiger partial charge on any atom is 0.233 e. The lowest BCUT2D eigenvalue weighted by atomic mass is 10.1. The number of aliphatic hydroxyl groups excluding tert-OH is 1. The lowest BCUT2D eigenvalue weighted by Crippen LogP contribution is -2.33. The number of benzene rings is 1. The average Bonchev–Trinajstić information content (AvgIpc) is 2.30. The van der Waals surface area contributed by atoms with Crippen LogP contribution in [0.1, 0.15) is 18.1 Å². The lowest BCUT2D eigenvalue weighted by Gasteiger charge is -2.11. The molecule has 1 aromatic carbocycles. The Morgan fingerprint density at radius 3 is 2.59 bits per heavy atom. The molecule has 0 bridgehead atoms. The molecule has 17 heavy (non-hydrogen) atoms. The zero-order valence-electron chi connectivity index (χ0n) is 9.85.